The number of rotatable bonds is 7. The average molecular weight is 325 g/mol. The van der Waals surface area contributed by atoms with Crippen molar-refractivity contribution in [1.82, 2.24) is 0 Å². The van der Waals surface area contributed by atoms with Crippen LogP contribution >= 0.6 is 0 Å². The maximum absolute atomic E-state index is 12.1. The molecule has 0 spiro atoms. The van der Waals surface area contributed by atoms with E-state index in [0.717, 1.165) is 29.8 Å². The molecule has 1 aromatic rings. The van der Waals surface area contributed by atoms with Crippen LogP contribution in [0.3, 0.4) is 0 Å². The molecule has 0 N–H and O–H groups in total. The van der Waals surface area contributed by atoms with Crippen molar-refractivity contribution >= 4 is 21.4 Å². The summed E-state index contributed by atoms with van der Waals surface area (Å²) in [5.74, 6) is 0.753. The van der Waals surface area contributed by atoms with Crippen molar-refractivity contribution in [3.63, 3.8) is 0 Å². The third-order valence-electron chi connectivity index (χ3n) is 3.73. The third-order valence-corrected chi connectivity index (χ3v) is 4.65. The molecule has 0 aliphatic carbocycles. The molecule has 1 aliphatic heterocycles. The second kappa shape index (κ2) is 7.13. The van der Waals surface area contributed by atoms with Crippen molar-refractivity contribution in [3.8, 4) is 5.75 Å². The van der Waals surface area contributed by atoms with Crippen LogP contribution in [0, 0.1) is 0 Å². The molecular formula is C16H23NO4S. The minimum atomic E-state index is -3.10. The third kappa shape index (κ3) is 4.22. The van der Waals surface area contributed by atoms with E-state index in [1.165, 1.54) is 6.26 Å². The fourth-order valence-electron chi connectivity index (χ4n) is 2.52. The van der Waals surface area contributed by atoms with Gasteiger partial charge in [-0.3, -0.25) is 4.79 Å². The first-order chi connectivity index (χ1) is 10.4. The largest absolute Gasteiger partial charge is 0.493 e. The number of carbonyl (C=O) groups is 1. The summed E-state index contributed by atoms with van der Waals surface area (Å²) in [6.45, 7) is 2.96. The predicted molar refractivity (Wildman–Crippen MR) is 87.2 cm³/mol. The van der Waals surface area contributed by atoms with Crippen LogP contribution < -0.4 is 9.64 Å². The van der Waals surface area contributed by atoms with Crippen molar-refractivity contribution in [1.29, 1.82) is 0 Å². The Hall–Kier alpha value is -1.56. The van der Waals surface area contributed by atoms with Crippen LogP contribution in [0.15, 0.2) is 18.2 Å². The van der Waals surface area contributed by atoms with E-state index in [0.29, 0.717) is 19.4 Å². The number of sulfone groups is 1. The summed E-state index contributed by atoms with van der Waals surface area (Å²) in [5.41, 5.74) is 1.79. The van der Waals surface area contributed by atoms with Gasteiger partial charge in [0.2, 0.25) is 5.91 Å². The molecule has 0 aromatic heterocycles. The minimum Gasteiger partial charge on any atom is -0.493 e. The fraction of sp³-hybridized carbons (Fsp3) is 0.562. The lowest BCUT2D eigenvalue weighted by atomic mass is 10.00. The molecule has 122 valence electrons. The number of carbonyl (C=O) groups excluding carboxylic acids is 1. The molecule has 1 aromatic carbocycles. The highest BCUT2D eigenvalue weighted by Gasteiger charge is 2.26. The van der Waals surface area contributed by atoms with Gasteiger partial charge in [0.05, 0.1) is 18.0 Å². The van der Waals surface area contributed by atoms with Gasteiger partial charge in [0, 0.05) is 24.8 Å². The van der Waals surface area contributed by atoms with E-state index in [2.05, 4.69) is 6.92 Å². The van der Waals surface area contributed by atoms with Gasteiger partial charge < -0.3 is 9.64 Å². The molecule has 2 rings (SSSR count). The Labute approximate surface area is 132 Å². The van der Waals surface area contributed by atoms with Gasteiger partial charge in [0.15, 0.2) is 0 Å². The van der Waals surface area contributed by atoms with Gasteiger partial charge in [0.1, 0.15) is 15.6 Å². The quantitative estimate of drug-likeness (QED) is 0.721. The lowest BCUT2D eigenvalue weighted by Crippen LogP contribution is -2.38. The first-order valence-corrected chi connectivity index (χ1v) is 9.71. The Kier molecular flexibility index (Phi) is 5.45. The van der Waals surface area contributed by atoms with Gasteiger partial charge in [0.25, 0.3) is 0 Å². The van der Waals surface area contributed by atoms with Crippen molar-refractivity contribution in [2.24, 2.45) is 0 Å². The van der Waals surface area contributed by atoms with E-state index in [9.17, 15) is 13.2 Å². The van der Waals surface area contributed by atoms with Crippen molar-refractivity contribution in [3.05, 3.63) is 23.8 Å². The van der Waals surface area contributed by atoms with E-state index in [4.69, 9.17) is 4.74 Å². The topological polar surface area (TPSA) is 63.7 Å². The summed E-state index contributed by atoms with van der Waals surface area (Å²) in [6, 6.07) is 5.63. The van der Waals surface area contributed by atoms with Gasteiger partial charge in [-0.1, -0.05) is 19.4 Å². The minimum absolute atomic E-state index is 0.0261. The number of fused-ring (bicyclic) bond motifs is 1. The number of ether oxygens (including phenoxy) is 1. The smallest absolute Gasteiger partial charge is 0.227 e. The Balaban J connectivity index is 2.22. The summed E-state index contributed by atoms with van der Waals surface area (Å²) in [5, 5.41) is 0. The predicted octanol–water partition coefficient (Wildman–Crippen LogP) is 2.19. The summed E-state index contributed by atoms with van der Waals surface area (Å²) >= 11 is 0. The standard InChI is InChI=1S/C16H23NO4S/c1-3-4-11-21-15-7-5-6-14-13(15)8-9-16(18)17(14)10-12-22(2,19)20/h5-7H,3-4,8-12H2,1-2H3. The molecule has 1 heterocycles. The van der Waals surface area contributed by atoms with Crippen molar-refractivity contribution in [2.45, 2.75) is 32.6 Å². The zero-order valence-corrected chi connectivity index (χ0v) is 14.0. The molecule has 0 atom stereocenters. The molecule has 0 fully saturated rings. The zero-order chi connectivity index (χ0) is 16.2. The molecule has 0 unspecified atom stereocenters. The number of benzene rings is 1. The first-order valence-electron chi connectivity index (χ1n) is 7.65. The molecule has 5 nitrogen and oxygen atoms in total. The second-order valence-corrected chi connectivity index (χ2v) is 7.89. The molecule has 0 saturated heterocycles. The van der Waals surface area contributed by atoms with Gasteiger partial charge in [-0.25, -0.2) is 8.42 Å². The molecule has 0 saturated carbocycles. The Bertz CT molecular complexity index is 640. The van der Waals surface area contributed by atoms with Gasteiger partial charge in [-0.2, -0.15) is 0 Å². The number of amides is 1. The van der Waals surface area contributed by atoms with E-state index < -0.39 is 9.84 Å². The average Bonchev–Trinajstić information content (AvgIpc) is 2.45. The van der Waals surface area contributed by atoms with Gasteiger partial charge >= 0.3 is 0 Å². The number of hydrogen-bond acceptors (Lipinski definition) is 4. The molecule has 1 amide bonds. The van der Waals surface area contributed by atoms with Crippen molar-refractivity contribution < 1.29 is 17.9 Å². The summed E-state index contributed by atoms with van der Waals surface area (Å²) in [4.78, 5) is 13.7. The highest BCUT2D eigenvalue weighted by atomic mass is 32.2. The number of hydrogen-bond donors (Lipinski definition) is 0. The van der Waals surface area contributed by atoms with Crippen LogP contribution in [0.2, 0.25) is 0 Å². The lowest BCUT2D eigenvalue weighted by Gasteiger charge is -2.30. The molecule has 0 bridgehead atoms. The van der Waals surface area contributed by atoms with Gasteiger partial charge in [-0.05, 0) is 25.0 Å². The lowest BCUT2D eigenvalue weighted by molar-refractivity contribution is -0.118. The molecule has 0 radical (unpaired) electrons. The number of nitrogens with zero attached hydrogens (tertiary/aromatic N) is 1. The van der Waals surface area contributed by atoms with Crippen LogP contribution in [-0.2, 0) is 21.1 Å². The maximum atomic E-state index is 12.1. The van der Waals surface area contributed by atoms with E-state index in [1.54, 1.807) is 4.90 Å². The SMILES string of the molecule is CCCCOc1cccc2c1CCC(=O)N2CCS(C)(=O)=O. The van der Waals surface area contributed by atoms with Crippen LogP contribution in [0.4, 0.5) is 5.69 Å². The summed E-state index contributed by atoms with van der Waals surface area (Å²) in [7, 11) is -3.10. The molecular weight excluding hydrogens is 302 g/mol. The molecule has 22 heavy (non-hydrogen) atoms. The van der Waals surface area contributed by atoms with E-state index in [1.807, 2.05) is 18.2 Å². The first kappa shape index (κ1) is 16.8. The Morgan fingerprint density at radius 2 is 2.05 bits per heavy atom. The van der Waals surface area contributed by atoms with E-state index >= 15 is 0 Å². The number of anilines is 1. The van der Waals surface area contributed by atoms with Crippen molar-refractivity contribution in [2.75, 3.05) is 30.1 Å². The monoisotopic (exact) mass is 325 g/mol. The molecule has 1 aliphatic rings. The van der Waals surface area contributed by atoms with Gasteiger partial charge in [-0.15, -0.1) is 0 Å². The number of unbranched alkanes of at least 4 members (excludes halogenated alkanes) is 1. The second-order valence-electron chi connectivity index (χ2n) is 5.63. The highest BCUT2D eigenvalue weighted by molar-refractivity contribution is 7.90. The Morgan fingerprint density at radius 3 is 2.73 bits per heavy atom. The molecule has 6 heteroatoms. The highest BCUT2D eigenvalue weighted by Crippen LogP contribution is 2.34. The van der Waals surface area contributed by atoms with Crippen LogP contribution in [0.1, 0.15) is 31.7 Å². The zero-order valence-electron chi connectivity index (χ0n) is 13.2. The maximum Gasteiger partial charge on any atom is 0.227 e. The normalized spacial score (nSPS) is 14.8. The van der Waals surface area contributed by atoms with Crippen LogP contribution in [-0.4, -0.2) is 39.5 Å². The van der Waals surface area contributed by atoms with Crippen LogP contribution in [0.25, 0.3) is 0 Å². The summed E-state index contributed by atoms with van der Waals surface area (Å²) in [6.07, 6.45) is 4.28. The Morgan fingerprint density at radius 1 is 1.27 bits per heavy atom. The summed E-state index contributed by atoms with van der Waals surface area (Å²) < 4.78 is 28.6. The van der Waals surface area contributed by atoms with Crippen LogP contribution in [0.5, 0.6) is 5.75 Å². The van der Waals surface area contributed by atoms with E-state index in [-0.39, 0.29) is 18.2 Å². The fourth-order valence-corrected chi connectivity index (χ4v) is 3.04.